The first-order valence-corrected chi connectivity index (χ1v) is 6.01. The molecule has 0 fully saturated rings. The highest BCUT2D eigenvalue weighted by Gasteiger charge is 2.16. The van der Waals surface area contributed by atoms with Crippen LogP contribution in [0.25, 0.3) is 10.8 Å². The lowest BCUT2D eigenvalue weighted by molar-refractivity contribution is -0.611. The van der Waals surface area contributed by atoms with E-state index in [9.17, 15) is 5.21 Å². The van der Waals surface area contributed by atoms with Gasteiger partial charge in [0, 0.05) is 6.92 Å². The van der Waals surface area contributed by atoms with Crippen LogP contribution in [-0.2, 0) is 6.61 Å². The van der Waals surface area contributed by atoms with Crippen LogP contribution in [0.2, 0.25) is 0 Å². The number of pyridine rings is 1. The topological polar surface area (TPSA) is 49.3 Å². The van der Waals surface area contributed by atoms with E-state index in [1.165, 1.54) is 6.20 Å². The molecule has 1 aromatic carbocycles. The smallest absolute Gasteiger partial charge is 0.232 e. The molecule has 0 amide bonds. The molecular formula is C15H13NO3. The number of benzene rings is 1. The predicted molar refractivity (Wildman–Crippen MR) is 70.7 cm³/mol. The average molecular weight is 255 g/mol. The molecule has 96 valence electrons. The first-order valence-electron chi connectivity index (χ1n) is 6.01. The Bertz CT molecular complexity index is 704. The van der Waals surface area contributed by atoms with Crippen molar-refractivity contribution in [2.45, 2.75) is 13.5 Å². The van der Waals surface area contributed by atoms with Crippen LogP contribution >= 0.6 is 0 Å². The minimum absolute atomic E-state index is 0.423. The summed E-state index contributed by atoms with van der Waals surface area (Å²) in [6.07, 6.45) is 4.63. The van der Waals surface area contributed by atoms with Crippen molar-refractivity contribution in [3.63, 3.8) is 0 Å². The maximum Gasteiger partial charge on any atom is 0.232 e. The van der Waals surface area contributed by atoms with Crippen LogP contribution in [0.1, 0.15) is 11.3 Å². The van der Waals surface area contributed by atoms with Gasteiger partial charge >= 0.3 is 0 Å². The SMILES string of the molecule is Cc1c(OCc2ccccc2)c2cocc2c[n+]1[O-]. The van der Waals surface area contributed by atoms with Crippen molar-refractivity contribution >= 4 is 10.8 Å². The number of fused-ring (bicyclic) bond motifs is 1. The van der Waals surface area contributed by atoms with Crippen molar-refractivity contribution in [1.29, 1.82) is 0 Å². The largest absolute Gasteiger partial charge is 0.618 e. The van der Waals surface area contributed by atoms with Gasteiger partial charge < -0.3 is 14.4 Å². The fraction of sp³-hybridized carbons (Fsp3) is 0.133. The minimum atomic E-state index is 0.423. The van der Waals surface area contributed by atoms with Crippen molar-refractivity contribution in [1.82, 2.24) is 0 Å². The van der Waals surface area contributed by atoms with Gasteiger partial charge in [-0.2, -0.15) is 4.73 Å². The molecule has 0 N–H and O–H groups in total. The molecule has 2 heterocycles. The van der Waals surface area contributed by atoms with Crippen LogP contribution in [-0.4, -0.2) is 0 Å². The Kier molecular flexibility index (Phi) is 2.83. The second-order valence-electron chi connectivity index (χ2n) is 4.38. The van der Waals surface area contributed by atoms with Crippen LogP contribution in [0, 0.1) is 12.1 Å². The van der Waals surface area contributed by atoms with Crippen molar-refractivity contribution < 1.29 is 13.9 Å². The van der Waals surface area contributed by atoms with Gasteiger partial charge in [0.25, 0.3) is 0 Å². The van der Waals surface area contributed by atoms with E-state index in [0.717, 1.165) is 21.1 Å². The summed E-state index contributed by atoms with van der Waals surface area (Å²) < 4.78 is 11.7. The minimum Gasteiger partial charge on any atom is -0.618 e. The van der Waals surface area contributed by atoms with Crippen molar-refractivity contribution in [2.75, 3.05) is 0 Å². The molecule has 3 aromatic rings. The molecule has 0 bridgehead atoms. The Hall–Kier alpha value is -2.49. The van der Waals surface area contributed by atoms with E-state index < -0.39 is 0 Å². The molecule has 0 atom stereocenters. The zero-order valence-electron chi connectivity index (χ0n) is 10.5. The highest BCUT2D eigenvalue weighted by atomic mass is 16.5. The third kappa shape index (κ3) is 2.12. The summed E-state index contributed by atoms with van der Waals surface area (Å²) in [6, 6.07) is 9.83. The summed E-state index contributed by atoms with van der Waals surface area (Å²) in [6.45, 7) is 2.16. The highest BCUT2D eigenvalue weighted by molar-refractivity contribution is 5.86. The fourth-order valence-corrected chi connectivity index (χ4v) is 2.02. The van der Waals surface area contributed by atoms with E-state index >= 15 is 0 Å². The summed E-state index contributed by atoms with van der Waals surface area (Å²) in [5, 5.41) is 13.3. The van der Waals surface area contributed by atoms with E-state index in [1.54, 1.807) is 19.5 Å². The zero-order chi connectivity index (χ0) is 13.2. The van der Waals surface area contributed by atoms with Gasteiger partial charge in [0.15, 0.2) is 11.9 Å². The molecule has 0 aliphatic heterocycles. The third-order valence-corrected chi connectivity index (χ3v) is 3.08. The molecule has 4 heteroatoms. The number of rotatable bonds is 3. The Morgan fingerprint density at radius 3 is 2.79 bits per heavy atom. The van der Waals surface area contributed by atoms with Gasteiger partial charge in [0.2, 0.25) is 5.69 Å². The van der Waals surface area contributed by atoms with Gasteiger partial charge in [-0.25, -0.2) is 0 Å². The van der Waals surface area contributed by atoms with Crippen LogP contribution in [0.5, 0.6) is 5.75 Å². The second kappa shape index (κ2) is 4.65. The molecule has 0 aliphatic rings. The molecule has 0 unspecified atom stereocenters. The molecule has 3 rings (SSSR count). The summed E-state index contributed by atoms with van der Waals surface area (Å²) in [4.78, 5) is 0. The van der Waals surface area contributed by atoms with Crippen LogP contribution < -0.4 is 9.47 Å². The maximum atomic E-state index is 11.8. The first kappa shape index (κ1) is 11.6. The number of hydrogen-bond acceptors (Lipinski definition) is 3. The zero-order valence-corrected chi connectivity index (χ0v) is 10.5. The molecular weight excluding hydrogens is 242 g/mol. The number of nitrogens with zero attached hydrogens (tertiary/aromatic N) is 1. The molecule has 0 radical (unpaired) electrons. The summed E-state index contributed by atoms with van der Waals surface area (Å²) >= 11 is 0. The predicted octanol–water partition coefficient (Wildman–Crippen LogP) is 2.95. The van der Waals surface area contributed by atoms with Gasteiger partial charge in [-0.05, 0) is 5.56 Å². The normalized spacial score (nSPS) is 10.8. The van der Waals surface area contributed by atoms with Gasteiger partial charge in [-0.3, -0.25) is 0 Å². The van der Waals surface area contributed by atoms with Gasteiger partial charge in [-0.1, -0.05) is 30.3 Å². The lowest BCUT2D eigenvalue weighted by atomic mass is 10.2. The van der Waals surface area contributed by atoms with E-state index in [1.807, 2.05) is 30.3 Å². The van der Waals surface area contributed by atoms with Crippen molar-refractivity contribution in [3.8, 4) is 5.75 Å². The number of furan rings is 1. The first-order chi connectivity index (χ1) is 9.25. The molecule has 2 aromatic heterocycles. The van der Waals surface area contributed by atoms with E-state index in [2.05, 4.69) is 0 Å². The number of ether oxygens (including phenoxy) is 1. The van der Waals surface area contributed by atoms with Crippen LogP contribution in [0.4, 0.5) is 0 Å². The van der Waals surface area contributed by atoms with Gasteiger partial charge in [0.05, 0.1) is 10.8 Å². The molecule has 4 nitrogen and oxygen atoms in total. The summed E-state index contributed by atoms with van der Waals surface area (Å²) in [5.41, 5.74) is 1.59. The Morgan fingerprint density at radius 2 is 2.00 bits per heavy atom. The average Bonchev–Trinajstić information content (AvgIpc) is 2.88. The fourth-order valence-electron chi connectivity index (χ4n) is 2.02. The Balaban J connectivity index is 1.96. The lowest BCUT2D eigenvalue weighted by Crippen LogP contribution is -2.29. The van der Waals surface area contributed by atoms with E-state index in [-0.39, 0.29) is 0 Å². The van der Waals surface area contributed by atoms with E-state index in [0.29, 0.717) is 18.1 Å². The van der Waals surface area contributed by atoms with Crippen LogP contribution in [0.3, 0.4) is 0 Å². The van der Waals surface area contributed by atoms with Crippen molar-refractivity contribution in [2.24, 2.45) is 0 Å². The maximum absolute atomic E-state index is 11.8. The molecule has 0 spiro atoms. The van der Waals surface area contributed by atoms with Crippen molar-refractivity contribution in [3.05, 3.63) is 65.5 Å². The number of hydrogen-bond donors (Lipinski definition) is 0. The second-order valence-corrected chi connectivity index (χ2v) is 4.38. The lowest BCUT2D eigenvalue weighted by Gasteiger charge is -2.10. The Morgan fingerprint density at radius 1 is 1.21 bits per heavy atom. The molecule has 0 aliphatic carbocycles. The highest BCUT2D eigenvalue weighted by Crippen LogP contribution is 2.28. The molecule has 19 heavy (non-hydrogen) atoms. The number of aromatic nitrogens is 1. The van der Waals surface area contributed by atoms with Gasteiger partial charge in [-0.15, -0.1) is 0 Å². The van der Waals surface area contributed by atoms with Gasteiger partial charge in [0.1, 0.15) is 19.1 Å². The standard InChI is InChI=1S/C15H13NO3/c1-11-15(19-8-12-5-3-2-4-6-12)14-10-18-9-13(14)7-16(11)17/h2-7,9-10H,8H2,1H3. The quantitative estimate of drug-likeness (QED) is 0.534. The third-order valence-electron chi connectivity index (χ3n) is 3.08. The van der Waals surface area contributed by atoms with Crippen LogP contribution in [0.15, 0.2) is 53.5 Å². The Labute approximate surface area is 110 Å². The summed E-state index contributed by atoms with van der Waals surface area (Å²) in [5.74, 6) is 0.574. The molecule has 0 saturated carbocycles. The monoisotopic (exact) mass is 255 g/mol. The molecule has 0 saturated heterocycles. The van der Waals surface area contributed by atoms with E-state index in [4.69, 9.17) is 9.15 Å². The summed E-state index contributed by atoms with van der Waals surface area (Å²) in [7, 11) is 0.